The molecule has 1 aromatic heterocycles. The average Bonchev–Trinajstić information content (AvgIpc) is 2.73. The first-order valence-electron chi connectivity index (χ1n) is 6.17. The molecule has 2 amide bonds. The number of nitrogen functional groups attached to an aromatic ring is 1. The van der Waals surface area contributed by atoms with Gasteiger partial charge in [-0.3, -0.25) is 34.4 Å². The van der Waals surface area contributed by atoms with E-state index in [1.165, 1.54) is 18.2 Å². The Bertz CT molecular complexity index is 966. The van der Waals surface area contributed by atoms with E-state index in [2.05, 4.69) is 0 Å². The summed E-state index contributed by atoms with van der Waals surface area (Å²) in [6.07, 6.45) is 0. The number of fused-ring (bicyclic) bond motifs is 1. The zero-order chi connectivity index (χ0) is 16.9. The summed E-state index contributed by atoms with van der Waals surface area (Å²) in [5, 5.41) is 13.0. The molecule has 1 aliphatic rings. The number of nitro benzene ring substituents is 1. The van der Waals surface area contributed by atoms with E-state index in [4.69, 9.17) is 17.3 Å². The van der Waals surface area contributed by atoms with Gasteiger partial charge in [-0.1, -0.05) is 17.7 Å². The third-order valence-electron chi connectivity index (χ3n) is 3.34. The number of aromatic nitrogens is 1. The zero-order valence-corrected chi connectivity index (χ0v) is 12.0. The van der Waals surface area contributed by atoms with Crippen LogP contribution in [0.2, 0.25) is 5.02 Å². The lowest BCUT2D eigenvalue weighted by Crippen LogP contribution is -2.24. The van der Waals surface area contributed by atoms with Crippen molar-refractivity contribution in [2.24, 2.45) is 0 Å². The lowest BCUT2D eigenvalue weighted by Gasteiger charge is -2.12. The predicted octanol–water partition coefficient (Wildman–Crippen LogP) is 0.865. The molecule has 1 aromatic carbocycles. The molecule has 0 radical (unpaired) electrons. The van der Waals surface area contributed by atoms with Crippen LogP contribution in [0.1, 0.15) is 20.7 Å². The molecule has 3 rings (SSSR count). The molecule has 3 N–H and O–H groups in total. The third kappa shape index (κ3) is 2.06. The van der Waals surface area contributed by atoms with Crippen LogP contribution in [0.15, 0.2) is 29.1 Å². The standard InChI is InChI=1S/C13H7ClN4O5/c14-6-2-1-3-7(10(6)18(22)23)17-8(19)4-5-9(11(17)15)13(21)16-12(5)20/h1-4H,15H2,(H,16,20,21). The highest BCUT2D eigenvalue weighted by atomic mass is 35.5. The molecular formula is C13H7ClN4O5. The van der Waals surface area contributed by atoms with Gasteiger partial charge in [-0.15, -0.1) is 0 Å². The molecule has 9 nitrogen and oxygen atoms in total. The van der Waals surface area contributed by atoms with Gasteiger partial charge in [-0.05, 0) is 12.1 Å². The molecule has 1 aliphatic heterocycles. The van der Waals surface area contributed by atoms with Crippen LogP contribution in [0.25, 0.3) is 5.69 Å². The topological polar surface area (TPSA) is 137 Å². The lowest BCUT2D eigenvalue weighted by molar-refractivity contribution is -0.384. The number of carbonyl (C=O) groups is 2. The fraction of sp³-hybridized carbons (Fsp3) is 0. The van der Waals surface area contributed by atoms with Gasteiger partial charge in [-0.2, -0.15) is 0 Å². The Labute approximate surface area is 132 Å². The van der Waals surface area contributed by atoms with E-state index in [-0.39, 0.29) is 27.7 Å². The van der Waals surface area contributed by atoms with E-state index in [0.717, 1.165) is 10.6 Å². The maximum Gasteiger partial charge on any atom is 0.311 e. The minimum atomic E-state index is -0.795. The number of nitro groups is 1. The largest absolute Gasteiger partial charge is 0.384 e. The first-order valence-corrected chi connectivity index (χ1v) is 6.55. The number of para-hydroxylation sites is 1. The fourth-order valence-electron chi connectivity index (χ4n) is 2.39. The first-order chi connectivity index (χ1) is 10.8. The van der Waals surface area contributed by atoms with Gasteiger partial charge in [0, 0.05) is 6.07 Å². The Balaban J connectivity index is 2.41. The number of pyridine rings is 1. The Hall–Kier alpha value is -3.20. The Morgan fingerprint density at radius 3 is 2.57 bits per heavy atom. The summed E-state index contributed by atoms with van der Waals surface area (Å²) in [5.41, 5.74) is 3.93. The summed E-state index contributed by atoms with van der Waals surface area (Å²) in [6.45, 7) is 0. The summed E-state index contributed by atoms with van der Waals surface area (Å²) in [4.78, 5) is 46.1. The summed E-state index contributed by atoms with van der Waals surface area (Å²) in [7, 11) is 0. The molecule has 0 spiro atoms. The van der Waals surface area contributed by atoms with Crippen molar-refractivity contribution in [1.82, 2.24) is 9.88 Å². The van der Waals surface area contributed by atoms with E-state index in [1.54, 1.807) is 0 Å². The van der Waals surface area contributed by atoms with Gasteiger partial charge in [0.1, 0.15) is 16.5 Å². The Morgan fingerprint density at radius 2 is 1.91 bits per heavy atom. The van der Waals surface area contributed by atoms with Crippen LogP contribution in [-0.2, 0) is 0 Å². The van der Waals surface area contributed by atoms with Crippen LogP contribution in [-0.4, -0.2) is 21.3 Å². The van der Waals surface area contributed by atoms with Gasteiger partial charge in [0.25, 0.3) is 17.4 Å². The molecule has 2 aromatic rings. The van der Waals surface area contributed by atoms with Crippen LogP contribution in [0, 0.1) is 10.1 Å². The molecule has 0 bridgehead atoms. The number of halogens is 1. The number of carbonyl (C=O) groups excluding carboxylic acids is 2. The molecule has 0 fully saturated rings. The van der Waals surface area contributed by atoms with Crippen LogP contribution >= 0.6 is 11.6 Å². The highest BCUT2D eigenvalue weighted by molar-refractivity contribution is 6.33. The van der Waals surface area contributed by atoms with E-state index in [1.807, 2.05) is 5.32 Å². The molecule has 23 heavy (non-hydrogen) atoms. The van der Waals surface area contributed by atoms with Gasteiger partial charge < -0.3 is 5.73 Å². The van der Waals surface area contributed by atoms with Crippen molar-refractivity contribution in [2.45, 2.75) is 0 Å². The van der Waals surface area contributed by atoms with Gasteiger partial charge in [0.2, 0.25) is 0 Å². The second-order valence-electron chi connectivity index (χ2n) is 4.64. The molecule has 0 saturated heterocycles. The minimum Gasteiger partial charge on any atom is -0.384 e. The van der Waals surface area contributed by atoms with Crippen molar-refractivity contribution in [3.63, 3.8) is 0 Å². The zero-order valence-electron chi connectivity index (χ0n) is 11.2. The number of hydrogen-bond acceptors (Lipinski definition) is 6. The van der Waals surface area contributed by atoms with Gasteiger partial charge in [-0.25, -0.2) is 0 Å². The molecule has 0 unspecified atom stereocenters. The van der Waals surface area contributed by atoms with Crippen molar-refractivity contribution in [3.8, 4) is 5.69 Å². The quantitative estimate of drug-likeness (QED) is 0.474. The fourth-order valence-corrected chi connectivity index (χ4v) is 2.63. The first kappa shape index (κ1) is 14.7. The number of benzene rings is 1. The van der Waals surface area contributed by atoms with Crippen molar-refractivity contribution >= 4 is 34.9 Å². The minimum absolute atomic E-state index is 0.168. The molecule has 10 heteroatoms. The average molecular weight is 335 g/mol. The van der Waals surface area contributed by atoms with Gasteiger partial charge in [0.05, 0.1) is 16.1 Å². The molecule has 2 heterocycles. The summed E-state index contributed by atoms with van der Waals surface area (Å²) in [6, 6.07) is 4.85. The number of imide groups is 1. The van der Waals surface area contributed by atoms with E-state index >= 15 is 0 Å². The predicted molar refractivity (Wildman–Crippen MR) is 79.9 cm³/mol. The normalized spacial score (nSPS) is 12.9. The molecule has 0 saturated carbocycles. The second kappa shape index (κ2) is 4.92. The number of nitrogens with one attached hydrogen (secondary N) is 1. The number of rotatable bonds is 2. The molecule has 0 atom stereocenters. The van der Waals surface area contributed by atoms with E-state index in [9.17, 15) is 24.5 Å². The SMILES string of the molecule is Nc1c2c(cc(=O)n1-c1cccc(Cl)c1[N+](=O)[O-])C(=O)NC2=O. The van der Waals surface area contributed by atoms with E-state index < -0.39 is 28.0 Å². The van der Waals surface area contributed by atoms with Crippen molar-refractivity contribution in [3.05, 3.63) is 60.9 Å². The monoisotopic (exact) mass is 334 g/mol. The lowest BCUT2D eigenvalue weighted by atomic mass is 10.1. The number of nitrogens with two attached hydrogens (primary N) is 1. The van der Waals surface area contributed by atoms with Gasteiger partial charge >= 0.3 is 5.69 Å². The number of hydrogen-bond donors (Lipinski definition) is 2. The maximum atomic E-state index is 12.3. The number of nitrogens with zero attached hydrogens (tertiary/aromatic N) is 2. The maximum absolute atomic E-state index is 12.3. The van der Waals surface area contributed by atoms with Crippen LogP contribution in [0.3, 0.4) is 0 Å². The summed E-state index contributed by atoms with van der Waals surface area (Å²) >= 11 is 5.82. The van der Waals surface area contributed by atoms with Crippen molar-refractivity contribution in [1.29, 1.82) is 0 Å². The Morgan fingerprint density at radius 1 is 1.22 bits per heavy atom. The van der Waals surface area contributed by atoms with Crippen LogP contribution in [0.5, 0.6) is 0 Å². The second-order valence-corrected chi connectivity index (χ2v) is 5.05. The third-order valence-corrected chi connectivity index (χ3v) is 3.65. The highest BCUT2D eigenvalue weighted by Crippen LogP contribution is 2.32. The summed E-state index contributed by atoms with van der Waals surface area (Å²) in [5.74, 6) is -1.90. The number of amides is 2. The van der Waals surface area contributed by atoms with Crippen LogP contribution in [0.4, 0.5) is 11.5 Å². The highest BCUT2D eigenvalue weighted by Gasteiger charge is 2.33. The molecule has 0 aliphatic carbocycles. The summed E-state index contributed by atoms with van der Waals surface area (Å²) < 4.78 is 0.779. The van der Waals surface area contributed by atoms with E-state index in [0.29, 0.717) is 0 Å². The molecule has 116 valence electrons. The van der Waals surface area contributed by atoms with Crippen molar-refractivity contribution in [2.75, 3.05) is 5.73 Å². The van der Waals surface area contributed by atoms with Crippen LogP contribution < -0.4 is 16.6 Å². The Kier molecular flexibility index (Phi) is 3.15. The smallest absolute Gasteiger partial charge is 0.311 e. The van der Waals surface area contributed by atoms with Crippen molar-refractivity contribution < 1.29 is 14.5 Å². The number of anilines is 1. The van der Waals surface area contributed by atoms with Gasteiger partial charge in [0.15, 0.2) is 0 Å². The molecular weight excluding hydrogens is 328 g/mol.